The first-order valence-electron chi connectivity index (χ1n) is 7.76. The Morgan fingerprint density at radius 2 is 1.81 bits per heavy atom. The second-order valence-corrected chi connectivity index (χ2v) is 8.58. The van der Waals surface area contributed by atoms with Crippen molar-refractivity contribution >= 4 is 34.3 Å². The van der Waals surface area contributed by atoms with E-state index in [4.69, 9.17) is 0 Å². The number of hydrogen-bond acceptors (Lipinski definition) is 3. The maximum Gasteiger partial charge on any atom is 0.0866 e. The molecule has 0 saturated carbocycles. The van der Waals surface area contributed by atoms with Crippen LogP contribution in [0.5, 0.6) is 0 Å². The summed E-state index contributed by atoms with van der Waals surface area (Å²) >= 11 is 4.33. The summed E-state index contributed by atoms with van der Waals surface area (Å²) in [7, 11) is 2.05. The lowest BCUT2D eigenvalue weighted by atomic mass is 9.99. The molecule has 3 heteroatoms. The molecule has 1 fully saturated rings. The summed E-state index contributed by atoms with van der Waals surface area (Å²) in [6, 6.07) is 15.7. The predicted octanol–water partition coefficient (Wildman–Crippen LogP) is 4.86. The average Bonchev–Trinajstić information content (AvgIpc) is 2.55. The summed E-state index contributed by atoms with van der Waals surface area (Å²) in [6.07, 6.45) is 3.82. The fourth-order valence-corrected chi connectivity index (χ4v) is 6.56. The standard InChI is InChI=1S/C18H23NS2/c1-19-12-5-11-18(20-13-6-14-21-18)17-10-4-8-15-7-2-3-9-16(15)17/h2-4,7-10,19H,5-6,11-14H2,1H3. The van der Waals surface area contributed by atoms with Gasteiger partial charge in [0, 0.05) is 0 Å². The third kappa shape index (κ3) is 3.25. The minimum atomic E-state index is 0.246. The summed E-state index contributed by atoms with van der Waals surface area (Å²) in [5.41, 5.74) is 1.53. The zero-order chi connectivity index (χ0) is 14.5. The summed E-state index contributed by atoms with van der Waals surface area (Å²) in [4.78, 5) is 0. The molecular formula is C18H23NS2. The quantitative estimate of drug-likeness (QED) is 0.791. The van der Waals surface area contributed by atoms with Gasteiger partial charge in [-0.2, -0.15) is 0 Å². The summed E-state index contributed by atoms with van der Waals surface area (Å²) in [5, 5.41) is 6.10. The minimum absolute atomic E-state index is 0.246. The molecule has 0 amide bonds. The van der Waals surface area contributed by atoms with Crippen LogP contribution in [0.1, 0.15) is 24.8 Å². The van der Waals surface area contributed by atoms with Gasteiger partial charge in [0.1, 0.15) is 0 Å². The predicted molar refractivity (Wildman–Crippen MR) is 98.3 cm³/mol. The third-order valence-electron chi connectivity index (χ3n) is 4.09. The molecule has 0 unspecified atom stereocenters. The molecule has 1 aliphatic heterocycles. The van der Waals surface area contributed by atoms with Crippen molar-refractivity contribution in [3.8, 4) is 0 Å². The molecule has 1 N–H and O–H groups in total. The molecule has 1 aliphatic rings. The lowest BCUT2D eigenvalue weighted by molar-refractivity contribution is 0.647. The van der Waals surface area contributed by atoms with E-state index in [-0.39, 0.29) is 4.08 Å². The van der Waals surface area contributed by atoms with Crippen LogP contribution < -0.4 is 5.32 Å². The molecule has 0 radical (unpaired) electrons. The summed E-state index contributed by atoms with van der Waals surface area (Å²) in [6.45, 7) is 1.10. The highest BCUT2D eigenvalue weighted by Gasteiger charge is 2.36. The molecule has 1 nitrogen and oxygen atoms in total. The van der Waals surface area contributed by atoms with Gasteiger partial charge in [-0.15, -0.1) is 23.5 Å². The number of hydrogen-bond donors (Lipinski definition) is 1. The van der Waals surface area contributed by atoms with E-state index in [9.17, 15) is 0 Å². The number of thioether (sulfide) groups is 2. The van der Waals surface area contributed by atoms with Gasteiger partial charge in [0.05, 0.1) is 4.08 Å². The zero-order valence-electron chi connectivity index (χ0n) is 12.6. The largest absolute Gasteiger partial charge is 0.320 e. The Bertz CT molecular complexity index is 585. The van der Waals surface area contributed by atoms with Gasteiger partial charge in [-0.05, 0) is 60.7 Å². The van der Waals surface area contributed by atoms with Gasteiger partial charge in [0.15, 0.2) is 0 Å². The molecule has 1 heterocycles. The van der Waals surface area contributed by atoms with Crippen molar-refractivity contribution in [2.24, 2.45) is 0 Å². The molecule has 2 aromatic carbocycles. The van der Waals surface area contributed by atoms with Crippen molar-refractivity contribution in [2.45, 2.75) is 23.3 Å². The molecule has 0 bridgehead atoms. The number of nitrogens with one attached hydrogen (secondary N) is 1. The Kier molecular flexibility index (Phi) is 5.15. The normalized spacial score (nSPS) is 18.0. The lowest BCUT2D eigenvalue weighted by Crippen LogP contribution is -2.24. The Morgan fingerprint density at radius 3 is 2.62 bits per heavy atom. The molecule has 21 heavy (non-hydrogen) atoms. The Hall–Kier alpha value is -0.640. The van der Waals surface area contributed by atoms with E-state index in [1.807, 2.05) is 7.05 Å². The van der Waals surface area contributed by atoms with E-state index in [0.29, 0.717) is 0 Å². The molecule has 112 valence electrons. The van der Waals surface area contributed by atoms with E-state index >= 15 is 0 Å². The van der Waals surface area contributed by atoms with Gasteiger partial charge in [0.25, 0.3) is 0 Å². The van der Waals surface area contributed by atoms with Crippen molar-refractivity contribution in [1.29, 1.82) is 0 Å². The Morgan fingerprint density at radius 1 is 1.05 bits per heavy atom. The second-order valence-electron chi connectivity index (χ2n) is 5.54. The molecule has 0 atom stereocenters. The van der Waals surface area contributed by atoms with E-state index in [2.05, 4.69) is 71.3 Å². The van der Waals surface area contributed by atoms with Crippen LogP contribution >= 0.6 is 23.5 Å². The monoisotopic (exact) mass is 317 g/mol. The maximum absolute atomic E-state index is 3.29. The van der Waals surface area contributed by atoms with Gasteiger partial charge < -0.3 is 5.32 Å². The van der Waals surface area contributed by atoms with Gasteiger partial charge in [-0.1, -0.05) is 42.5 Å². The average molecular weight is 318 g/mol. The van der Waals surface area contributed by atoms with Crippen molar-refractivity contribution in [3.63, 3.8) is 0 Å². The molecule has 0 aromatic heterocycles. The lowest BCUT2D eigenvalue weighted by Gasteiger charge is -2.37. The highest BCUT2D eigenvalue weighted by molar-refractivity contribution is 8.18. The fourth-order valence-electron chi connectivity index (χ4n) is 3.06. The number of rotatable bonds is 5. The molecular weight excluding hydrogens is 294 g/mol. The molecule has 2 aromatic rings. The molecule has 0 spiro atoms. The van der Waals surface area contributed by atoms with E-state index in [1.165, 1.54) is 47.1 Å². The van der Waals surface area contributed by atoms with Crippen LogP contribution in [0.3, 0.4) is 0 Å². The van der Waals surface area contributed by atoms with Crippen molar-refractivity contribution in [1.82, 2.24) is 5.32 Å². The first kappa shape index (κ1) is 15.3. The second kappa shape index (κ2) is 7.08. The Labute approximate surface area is 136 Å². The highest BCUT2D eigenvalue weighted by Crippen LogP contribution is 2.54. The topological polar surface area (TPSA) is 12.0 Å². The van der Waals surface area contributed by atoms with E-state index in [1.54, 1.807) is 0 Å². The number of benzene rings is 2. The van der Waals surface area contributed by atoms with Gasteiger partial charge in [0.2, 0.25) is 0 Å². The molecule has 0 aliphatic carbocycles. The SMILES string of the molecule is CNCCCC1(c2cccc3ccccc23)SCCCS1. The minimum Gasteiger partial charge on any atom is -0.320 e. The van der Waals surface area contributed by atoms with E-state index in [0.717, 1.165) is 6.54 Å². The van der Waals surface area contributed by atoms with Crippen LogP contribution in [0.2, 0.25) is 0 Å². The fraction of sp³-hybridized carbons (Fsp3) is 0.444. The molecule has 3 rings (SSSR count). The zero-order valence-corrected chi connectivity index (χ0v) is 14.2. The number of fused-ring (bicyclic) bond motifs is 1. The molecule has 1 saturated heterocycles. The first-order chi connectivity index (χ1) is 10.4. The van der Waals surface area contributed by atoms with Gasteiger partial charge >= 0.3 is 0 Å². The van der Waals surface area contributed by atoms with Crippen molar-refractivity contribution in [3.05, 3.63) is 48.0 Å². The summed E-state index contributed by atoms with van der Waals surface area (Å²) < 4.78 is 0.246. The first-order valence-corrected chi connectivity index (χ1v) is 9.74. The van der Waals surface area contributed by atoms with E-state index < -0.39 is 0 Å². The maximum atomic E-state index is 3.29. The van der Waals surface area contributed by atoms with Crippen molar-refractivity contribution in [2.75, 3.05) is 25.1 Å². The van der Waals surface area contributed by atoms with Crippen LogP contribution in [0.15, 0.2) is 42.5 Å². The van der Waals surface area contributed by atoms with Gasteiger partial charge in [-0.3, -0.25) is 0 Å². The highest BCUT2D eigenvalue weighted by atomic mass is 32.2. The van der Waals surface area contributed by atoms with Gasteiger partial charge in [-0.25, -0.2) is 0 Å². The van der Waals surface area contributed by atoms with Crippen LogP contribution in [-0.2, 0) is 4.08 Å². The Balaban J connectivity index is 2.01. The van der Waals surface area contributed by atoms with Crippen molar-refractivity contribution < 1.29 is 0 Å². The third-order valence-corrected chi connectivity index (χ3v) is 7.57. The summed E-state index contributed by atoms with van der Waals surface area (Å²) in [5.74, 6) is 2.57. The smallest absolute Gasteiger partial charge is 0.0866 e. The van der Waals surface area contributed by atoms with Crippen LogP contribution in [0.25, 0.3) is 10.8 Å². The van der Waals surface area contributed by atoms with Crippen LogP contribution in [-0.4, -0.2) is 25.1 Å². The van der Waals surface area contributed by atoms with Crippen LogP contribution in [0.4, 0.5) is 0 Å². The van der Waals surface area contributed by atoms with Crippen LogP contribution in [0, 0.1) is 0 Å².